The second-order valence-corrected chi connectivity index (χ2v) is 4.18. The lowest BCUT2D eigenvalue weighted by Crippen LogP contribution is -2.34. The van der Waals surface area contributed by atoms with E-state index in [4.69, 9.17) is 9.68 Å². The van der Waals surface area contributed by atoms with Crippen LogP contribution in [0.15, 0.2) is 23.0 Å². The van der Waals surface area contributed by atoms with Crippen LogP contribution in [0.3, 0.4) is 0 Å². The van der Waals surface area contributed by atoms with Crippen LogP contribution in [0.5, 0.6) is 0 Å². The molecule has 1 rings (SSSR count). The molecule has 1 unspecified atom stereocenters. The van der Waals surface area contributed by atoms with Crippen molar-refractivity contribution >= 4 is 5.91 Å². The normalized spacial score (nSPS) is 12.2. The van der Waals surface area contributed by atoms with Gasteiger partial charge >= 0.3 is 0 Å². The first-order chi connectivity index (χ1) is 7.56. The van der Waals surface area contributed by atoms with E-state index in [1.165, 1.54) is 0 Å². The zero-order chi connectivity index (χ0) is 12.1. The van der Waals surface area contributed by atoms with Gasteiger partial charge in [-0.25, -0.2) is 0 Å². The molecule has 0 bridgehead atoms. The topological polar surface area (TPSA) is 57.2 Å². The minimum absolute atomic E-state index is 0.0318. The van der Waals surface area contributed by atoms with Crippen molar-refractivity contribution in [1.82, 2.24) is 4.90 Å². The first-order valence-corrected chi connectivity index (χ1v) is 5.22. The van der Waals surface area contributed by atoms with Gasteiger partial charge in [0, 0.05) is 19.2 Å². The smallest absolute Gasteiger partial charge is 0.240 e. The van der Waals surface area contributed by atoms with Gasteiger partial charge < -0.3 is 9.32 Å². The van der Waals surface area contributed by atoms with Crippen LogP contribution >= 0.6 is 0 Å². The predicted octanol–water partition coefficient (Wildman–Crippen LogP) is 2.03. The molecule has 1 amide bonds. The van der Waals surface area contributed by atoms with Gasteiger partial charge in [0.05, 0.1) is 18.6 Å². The molecule has 0 aliphatic heterocycles. The van der Waals surface area contributed by atoms with Crippen LogP contribution in [0.25, 0.3) is 0 Å². The van der Waals surface area contributed by atoms with E-state index in [-0.39, 0.29) is 11.8 Å². The molecule has 0 saturated carbocycles. The highest BCUT2D eigenvalue weighted by atomic mass is 16.3. The lowest BCUT2D eigenvalue weighted by atomic mass is 9.96. The summed E-state index contributed by atoms with van der Waals surface area (Å²) >= 11 is 0. The zero-order valence-electron chi connectivity index (χ0n) is 9.80. The third kappa shape index (κ3) is 2.86. The maximum absolute atomic E-state index is 11.9. The second kappa shape index (κ2) is 5.36. The van der Waals surface area contributed by atoms with Crippen molar-refractivity contribution in [1.29, 1.82) is 5.26 Å². The molecular formula is C12H16N2O2. The van der Waals surface area contributed by atoms with Crippen molar-refractivity contribution in [2.45, 2.75) is 20.4 Å². The molecule has 0 N–H and O–H groups in total. The van der Waals surface area contributed by atoms with Gasteiger partial charge in [0.1, 0.15) is 5.92 Å². The fraction of sp³-hybridized carbons (Fsp3) is 0.500. The highest BCUT2D eigenvalue weighted by Crippen LogP contribution is 2.14. The number of nitrogens with zero attached hydrogens (tertiary/aromatic N) is 2. The van der Waals surface area contributed by atoms with Crippen LogP contribution in [-0.2, 0) is 11.3 Å². The highest BCUT2D eigenvalue weighted by Gasteiger charge is 2.24. The molecule has 0 fully saturated rings. The summed E-state index contributed by atoms with van der Waals surface area (Å²) in [6.07, 6.45) is 3.17. The van der Waals surface area contributed by atoms with Crippen molar-refractivity contribution in [2.24, 2.45) is 11.8 Å². The summed E-state index contributed by atoms with van der Waals surface area (Å²) in [5.41, 5.74) is 0.927. The third-order valence-electron chi connectivity index (χ3n) is 2.45. The number of hydrogen-bond acceptors (Lipinski definition) is 3. The molecule has 0 aliphatic carbocycles. The standard InChI is InChI=1S/C12H16N2O2/c1-9(2)11(6-13)12(15)14(3)7-10-4-5-16-8-10/h4-5,8-9,11H,7H2,1-3H3. The lowest BCUT2D eigenvalue weighted by molar-refractivity contribution is -0.134. The minimum atomic E-state index is -0.572. The Labute approximate surface area is 95.5 Å². The maximum atomic E-state index is 11.9. The largest absolute Gasteiger partial charge is 0.472 e. The van der Waals surface area contributed by atoms with Gasteiger partial charge in [-0.15, -0.1) is 0 Å². The molecule has 86 valence electrons. The Bertz CT molecular complexity index is 376. The van der Waals surface area contributed by atoms with Crippen LogP contribution in [0, 0.1) is 23.2 Å². The van der Waals surface area contributed by atoms with Crippen LogP contribution < -0.4 is 0 Å². The van der Waals surface area contributed by atoms with E-state index in [0.717, 1.165) is 5.56 Å². The quantitative estimate of drug-likeness (QED) is 0.780. The number of rotatable bonds is 4. The summed E-state index contributed by atoms with van der Waals surface area (Å²) in [5, 5.41) is 8.93. The van der Waals surface area contributed by atoms with Crippen LogP contribution in [0.1, 0.15) is 19.4 Å². The average molecular weight is 220 g/mol. The number of carbonyl (C=O) groups is 1. The summed E-state index contributed by atoms with van der Waals surface area (Å²) in [4.78, 5) is 13.5. The highest BCUT2D eigenvalue weighted by molar-refractivity contribution is 5.81. The van der Waals surface area contributed by atoms with Crippen LogP contribution in [-0.4, -0.2) is 17.9 Å². The summed E-state index contributed by atoms with van der Waals surface area (Å²) in [7, 11) is 1.70. The molecule has 1 aromatic rings. The number of carbonyl (C=O) groups excluding carboxylic acids is 1. The third-order valence-corrected chi connectivity index (χ3v) is 2.45. The number of amides is 1. The van der Waals surface area contributed by atoms with E-state index >= 15 is 0 Å². The van der Waals surface area contributed by atoms with Crippen molar-refractivity contribution in [3.05, 3.63) is 24.2 Å². The maximum Gasteiger partial charge on any atom is 0.240 e. The van der Waals surface area contributed by atoms with Crippen molar-refractivity contribution < 1.29 is 9.21 Å². The fourth-order valence-electron chi connectivity index (χ4n) is 1.46. The van der Waals surface area contributed by atoms with Crippen molar-refractivity contribution in [3.8, 4) is 6.07 Å². The Kier molecular flexibility index (Phi) is 4.12. The molecule has 0 saturated heterocycles. The molecule has 1 atom stereocenters. The first kappa shape index (κ1) is 12.3. The number of furan rings is 1. The SMILES string of the molecule is CC(C)C(C#N)C(=O)N(C)Cc1ccoc1. The Morgan fingerprint density at radius 3 is 2.75 bits per heavy atom. The van der Waals surface area contributed by atoms with Gasteiger partial charge in [0.25, 0.3) is 0 Å². The van der Waals surface area contributed by atoms with E-state index < -0.39 is 5.92 Å². The van der Waals surface area contributed by atoms with E-state index in [1.54, 1.807) is 30.5 Å². The Balaban J connectivity index is 2.64. The lowest BCUT2D eigenvalue weighted by Gasteiger charge is -2.21. The monoisotopic (exact) mass is 220 g/mol. The molecule has 1 aromatic heterocycles. The molecule has 1 heterocycles. The molecule has 16 heavy (non-hydrogen) atoms. The fourth-order valence-corrected chi connectivity index (χ4v) is 1.46. The van der Waals surface area contributed by atoms with Crippen LogP contribution in [0.2, 0.25) is 0 Å². The molecule has 4 heteroatoms. The Hall–Kier alpha value is -1.76. The summed E-state index contributed by atoms with van der Waals surface area (Å²) in [5.74, 6) is -0.681. The Morgan fingerprint density at radius 2 is 2.31 bits per heavy atom. The number of nitriles is 1. The van der Waals surface area contributed by atoms with Gasteiger partial charge in [0.15, 0.2) is 0 Å². The van der Waals surface area contributed by atoms with E-state index in [0.29, 0.717) is 6.54 Å². The van der Waals surface area contributed by atoms with Gasteiger partial charge in [-0.1, -0.05) is 13.8 Å². The summed E-state index contributed by atoms with van der Waals surface area (Å²) < 4.78 is 4.93. The van der Waals surface area contributed by atoms with E-state index in [9.17, 15) is 4.79 Å². The van der Waals surface area contributed by atoms with Gasteiger partial charge in [-0.05, 0) is 12.0 Å². The van der Waals surface area contributed by atoms with Gasteiger partial charge in [0.2, 0.25) is 5.91 Å². The van der Waals surface area contributed by atoms with E-state index in [1.807, 2.05) is 19.9 Å². The second-order valence-electron chi connectivity index (χ2n) is 4.18. The first-order valence-electron chi connectivity index (χ1n) is 5.22. The molecular weight excluding hydrogens is 204 g/mol. The average Bonchev–Trinajstić information content (AvgIpc) is 2.70. The summed E-state index contributed by atoms with van der Waals surface area (Å²) in [6.45, 7) is 4.22. The predicted molar refractivity (Wildman–Crippen MR) is 59.1 cm³/mol. The molecule has 0 spiro atoms. The summed E-state index contributed by atoms with van der Waals surface area (Å²) in [6, 6.07) is 3.85. The number of hydrogen-bond donors (Lipinski definition) is 0. The minimum Gasteiger partial charge on any atom is -0.472 e. The van der Waals surface area contributed by atoms with E-state index in [2.05, 4.69) is 0 Å². The van der Waals surface area contributed by atoms with Crippen LogP contribution in [0.4, 0.5) is 0 Å². The molecule has 0 aromatic carbocycles. The Morgan fingerprint density at radius 1 is 1.62 bits per heavy atom. The van der Waals surface area contributed by atoms with Crippen molar-refractivity contribution in [2.75, 3.05) is 7.05 Å². The van der Waals surface area contributed by atoms with Gasteiger partial charge in [-0.2, -0.15) is 5.26 Å². The molecule has 4 nitrogen and oxygen atoms in total. The molecule has 0 radical (unpaired) electrons. The van der Waals surface area contributed by atoms with Gasteiger partial charge in [-0.3, -0.25) is 4.79 Å². The zero-order valence-corrected chi connectivity index (χ0v) is 9.80. The van der Waals surface area contributed by atoms with Crippen molar-refractivity contribution in [3.63, 3.8) is 0 Å². The molecule has 0 aliphatic rings.